The van der Waals surface area contributed by atoms with Crippen molar-refractivity contribution in [2.24, 2.45) is 11.8 Å². The molecule has 1 aromatic carbocycles. The molecule has 0 spiro atoms. The second-order valence-corrected chi connectivity index (χ2v) is 7.95. The molecule has 3 amide bonds. The maximum Gasteiger partial charge on any atom is 0.329 e. The van der Waals surface area contributed by atoms with Crippen LogP contribution >= 0.6 is 0 Å². The molecule has 162 valence electrons. The zero-order valence-corrected chi connectivity index (χ0v) is 17.3. The third kappa shape index (κ3) is 4.10. The van der Waals surface area contributed by atoms with E-state index in [0.29, 0.717) is 25.8 Å². The lowest BCUT2D eigenvalue weighted by molar-refractivity contribution is -0.159. The highest BCUT2D eigenvalue weighted by molar-refractivity contribution is 6.08. The Bertz CT molecular complexity index is 1030. The van der Waals surface area contributed by atoms with E-state index in [-0.39, 0.29) is 11.8 Å². The fourth-order valence-corrected chi connectivity index (χ4v) is 4.30. The quantitative estimate of drug-likeness (QED) is 0.400. The number of H-pyrrole nitrogens is 1. The van der Waals surface area contributed by atoms with Gasteiger partial charge in [0.25, 0.3) is 5.91 Å². The van der Waals surface area contributed by atoms with Crippen molar-refractivity contribution in [1.29, 1.82) is 0 Å². The average Bonchev–Trinajstić information content (AvgIpc) is 3.31. The number of hydrogen-bond donors (Lipinski definition) is 2. The molecule has 4 rings (SSSR count). The molecule has 2 heterocycles. The molecule has 0 saturated carbocycles. The normalized spacial score (nSPS) is 21.3. The number of imide groups is 1. The van der Waals surface area contributed by atoms with E-state index < -0.39 is 36.4 Å². The number of nitrogens with one attached hydrogen (secondary N) is 2. The van der Waals surface area contributed by atoms with Crippen molar-refractivity contribution in [3.05, 3.63) is 48.2 Å². The number of fused-ring (bicyclic) bond motifs is 2. The molecular weight excluding hydrogens is 398 g/mol. The van der Waals surface area contributed by atoms with Gasteiger partial charge in [0, 0.05) is 23.6 Å². The average molecular weight is 423 g/mol. The summed E-state index contributed by atoms with van der Waals surface area (Å²) in [5.74, 6) is -2.68. The molecule has 31 heavy (non-hydrogen) atoms. The van der Waals surface area contributed by atoms with Gasteiger partial charge in [-0.25, -0.2) is 4.79 Å². The van der Waals surface area contributed by atoms with E-state index >= 15 is 0 Å². The van der Waals surface area contributed by atoms with Gasteiger partial charge in [-0.05, 0) is 37.8 Å². The Hall–Kier alpha value is -3.42. The number of hydrogen-bond acceptors (Lipinski definition) is 5. The summed E-state index contributed by atoms with van der Waals surface area (Å²) in [4.78, 5) is 53.7. The molecule has 2 N–H and O–H groups in total. The van der Waals surface area contributed by atoms with Crippen LogP contribution in [0.25, 0.3) is 10.9 Å². The number of likely N-dealkylation sites (tertiary alicyclic amines) is 1. The first kappa shape index (κ1) is 20.8. The molecule has 8 heteroatoms. The molecule has 1 aliphatic carbocycles. The Balaban J connectivity index is 1.24. The first-order valence-corrected chi connectivity index (χ1v) is 10.5. The summed E-state index contributed by atoms with van der Waals surface area (Å²) in [6.07, 6.45) is 7.33. The molecule has 0 unspecified atom stereocenters. The number of para-hydroxylation sites is 1. The first-order valence-electron chi connectivity index (χ1n) is 10.5. The summed E-state index contributed by atoms with van der Waals surface area (Å²) in [5, 5.41) is 3.83. The van der Waals surface area contributed by atoms with Gasteiger partial charge in [0.05, 0.1) is 11.8 Å². The number of ether oxygens (including phenoxy) is 1. The summed E-state index contributed by atoms with van der Waals surface area (Å²) < 4.78 is 5.07. The topological polar surface area (TPSA) is 109 Å². The van der Waals surface area contributed by atoms with Gasteiger partial charge in [0.1, 0.15) is 6.04 Å². The van der Waals surface area contributed by atoms with Crippen LogP contribution in [0.15, 0.2) is 42.6 Å². The minimum absolute atomic E-state index is 0.341. The maximum absolute atomic E-state index is 12.6. The zero-order valence-electron chi connectivity index (χ0n) is 17.3. The van der Waals surface area contributed by atoms with Crippen molar-refractivity contribution in [1.82, 2.24) is 15.2 Å². The molecule has 2 aromatic rings. The fraction of sp³-hybridized carbons (Fsp3) is 0.391. The molecular formula is C23H25N3O5. The van der Waals surface area contributed by atoms with E-state index in [1.165, 1.54) is 6.92 Å². The predicted octanol–water partition coefficient (Wildman–Crippen LogP) is 1.71. The second-order valence-electron chi connectivity index (χ2n) is 7.95. The van der Waals surface area contributed by atoms with Gasteiger partial charge in [-0.15, -0.1) is 0 Å². The van der Waals surface area contributed by atoms with Gasteiger partial charge >= 0.3 is 5.97 Å². The Kier molecular flexibility index (Phi) is 5.88. The number of benzene rings is 1. The number of amides is 3. The van der Waals surface area contributed by atoms with E-state index in [1.54, 1.807) is 0 Å². The van der Waals surface area contributed by atoms with Crippen LogP contribution in [0.4, 0.5) is 0 Å². The number of nitrogens with zero attached hydrogens (tertiary/aromatic N) is 1. The smallest absolute Gasteiger partial charge is 0.329 e. The number of carbonyl (C=O) groups excluding carboxylic acids is 4. The molecule has 8 nitrogen and oxygen atoms in total. The van der Waals surface area contributed by atoms with Crippen molar-refractivity contribution < 1.29 is 23.9 Å². The fourth-order valence-electron chi connectivity index (χ4n) is 4.30. The van der Waals surface area contributed by atoms with Gasteiger partial charge in [0.15, 0.2) is 6.61 Å². The van der Waals surface area contributed by atoms with Crippen LogP contribution in [0.2, 0.25) is 0 Å². The molecule has 2 aliphatic rings. The number of aromatic nitrogens is 1. The lowest BCUT2D eigenvalue weighted by Gasteiger charge is -2.21. The van der Waals surface area contributed by atoms with E-state index in [1.807, 2.05) is 42.6 Å². The van der Waals surface area contributed by atoms with Crippen molar-refractivity contribution in [2.75, 3.05) is 13.2 Å². The minimum Gasteiger partial charge on any atom is -0.454 e. The van der Waals surface area contributed by atoms with E-state index in [9.17, 15) is 19.2 Å². The molecule has 1 aliphatic heterocycles. The van der Waals surface area contributed by atoms with E-state index in [2.05, 4.69) is 10.3 Å². The highest BCUT2D eigenvalue weighted by Crippen LogP contribution is 2.36. The van der Waals surface area contributed by atoms with Crippen LogP contribution in [0, 0.1) is 11.8 Å². The summed E-state index contributed by atoms with van der Waals surface area (Å²) in [5.41, 5.74) is 2.12. The lowest BCUT2D eigenvalue weighted by atomic mass is 9.85. The van der Waals surface area contributed by atoms with Gasteiger partial charge < -0.3 is 15.0 Å². The highest BCUT2D eigenvalue weighted by Gasteiger charge is 2.50. The standard InChI is InChI=1S/C23H25N3O5/c1-14(26-21(28)17-7-2-3-8-18(17)22(26)29)23(30)31-13-20(27)24-11-10-15-12-25-19-9-5-4-6-16(15)19/h2-6,9,12,14,17-18,25H,7-8,10-11,13H2,1H3,(H,24,27)/t14-,17+,18+/m0/s1. The third-order valence-corrected chi connectivity index (χ3v) is 6.01. The zero-order chi connectivity index (χ0) is 22.0. The van der Waals surface area contributed by atoms with Crippen molar-refractivity contribution >= 4 is 34.6 Å². The number of aromatic amines is 1. The Labute approximate surface area is 179 Å². The van der Waals surface area contributed by atoms with Crippen molar-refractivity contribution in [2.45, 2.75) is 32.2 Å². The van der Waals surface area contributed by atoms with Crippen molar-refractivity contribution in [3.8, 4) is 0 Å². The summed E-state index contributed by atoms with van der Waals surface area (Å²) in [6.45, 7) is 1.40. The first-order chi connectivity index (χ1) is 15.0. The summed E-state index contributed by atoms with van der Waals surface area (Å²) in [6, 6.07) is 6.86. The number of carbonyl (C=O) groups is 4. The molecule has 0 bridgehead atoms. The SMILES string of the molecule is C[C@@H](C(=O)OCC(=O)NCCc1c[nH]c2ccccc12)N1C(=O)[C@@H]2CC=CC[C@H]2C1=O. The molecule has 1 saturated heterocycles. The van der Waals surface area contributed by atoms with Gasteiger partial charge in [-0.2, -0.15) is 0 Å². The minimum atomic E-state index is -1.05. The second kappa shape index (κ2) is 8.75. The van der Waals surface area contributed by atoms with Crippen LogP contribution in [0.3, 0.4) is 0 Å². The molecule has 0 radical (unpaired) electrons. The van der Waals surface area contributed by atoms with Crippen LogP contribution in [0.5, 0.6) is 0 Å². The number of esters is 1. The van der Waals surface area contributed by atoms with Crippen LogP contribution in [0.1, 0.15) is 25.3 Å². The van der Waals surface area contributed by atoms with Gasteiger partial charge in [0.2, 0.25) is 11.8 Å². The van der Waals surface area contributed by atoms with Crippen LogP contribution in [-0.4, -0.2) is 52.8 Å². The Morgan fingerprint density at radius 1 is 1.16 bits per heavy atom. The van der Waals surface area contributed by atoms with Crippen LogP contribution in [-0.2, 0) is 30.3 Å². The van der Waals surface area contributed by atoms with E-state index in [4.69, 9.17) is 4.74 Å². The molecule has 1 aromatic heterocycles. The Morgan fingerprint density at radius 2 is 1.84 bits per heavy atom. The third-order valence-electron chi connectivity index (χ3n) is 6.01. The largest absolute Gasteiger partial charge is 0.454 e. The van der Waals surface area contributed by atoms with Gasteiger partial charge in [-0.1, -0.05) is 30.4 Å². The lowest BCUT2D eigenvalue weighted by Crippen LogP contribution is -2.45. The van der Waals surface area contributed by atoms with Gasteiger partial charge in [-0.3, -0.25) is 19.3 Å². The highest BCUT2D eigenvalue weighted by atomic mass is 16.5. The number of allylic oxidation sites excluding steroid dienone is 2. The predicted molar refractivity (Wildman–Crippen MR) is 113 cm³/mol. The molecule has 3 atom stereocenters. The summed E-state index contributed by atoms with van der Waals surface area (Å²) in [7, 11) is 0. The van der Waals surface area contributed by atoms with Crippen LogP contribution < -0.4 is 5.32 Å². The number of rotatable bonds is 7. The van der Waals surface area contributed by atoms with E-state index in [0.717, 1.165) is 21.4 Å². The maximum atomic E-state index is 12.6. The summed E-state index contributed by atoms with van der Waals surface area (Å²) >= 11 is 0. The molecule has 1 fully saturated rings. The monoisotopic (exact) mass is 423 g/mol. The Morgan fingerprint density at radius 3 is 2.55 bits per heavy atom. The van der Waals surface area contributed by atoms with Crippen molar-refractivity contribution in [3.63, 3.8) is 0 Å².